The number of carbonyl (C=O) groups excluding carboxylic acids is 1. The van der Waals surface area contributed by atoms with Crippen LogP contribution in [0.5, 0.6) is 5.75 Å². The highest BCUT2D eigenvalue weighted by atomic mass is 35.5. The first kappa shape index (κ1) is 19.4. The number of aryl methyl sites for hydroxylation is 1. The summed E-state index contributed by atoms with van der Waals surface area (Å²) in [5.74, 6) is 0.507. The van der Waals surface area contributed by atoms with Crippen molar-refractivity contribution in [2.75, 3.05) is 11.5 Å². The number of para-hydroxylation sites is 1. The Kier molecular flexibility index (Phi) is 5.79. The molecule has 0 aliphatic rings. The van der Waals surface area contributed by atoms with E-state index in [1.165, 1.54) is 11.3 Å². The quantitative estimate of drug-likeness (QED) is 0.390. The third-order valence-electron chi connectivity index (χ3n) is 4.46. The van der Waals surface area contributed by atoms with Gasteiger partial charge in [-0.05, 0) is 42.3 Å². The first-order chi connectivity index (χ1) is 14.1. The summed E-state index contributed by atoms with van der Waals surface area (Å²) < 4.78 is 6.65. The Hall–Kier alpha value is -2.89. The highest BCUT2D eigenvalue weighted by molar-refractivity contribution is 7.22. The highest BCUT2D eigenvalue weighted by Crippen LogP contribution is 2.33. The molecule has 0 radical (unpaired) electrons. The number of rotatable bonds is 6. The Labute approximate surface area is 178 Å². The van der Waals surface area contributed by atoms with E-state index in [1.807, 2.05) is 79.7 Å². The molecule has 0 aliphatic carbocycles. The Morgan fingerprint density at radius 3 is 2.48 bits per heavy atom. The van der Waals surface area contributed by atoms with Gasteiger partial charge in [0.25, 0.3) is 5.91 Å². The first-order valence-electron chi connectivity index (χ1n) is 9.19. The van der Waals surface area contributed by atoms with Crippen molar-refractivity contribution in [2.24, 2.45) is 0 Å². The van der Waals surface area contributed by atoms with Crippen molar-refractivity contribution in [3.05, 3.63) is 88.9 Å². The van der Waals surface area contributed by atoms with E-state index in [1.54, 1.807) is 4.90 Å². The van der Waals surface area contributed by atoms with Gasteiger partial charge in [-0.3, -0.25) is 9.69 Å². The summed E-state index contributed by atoms with van der Waals surface area (Å²) in [5.41, 5.74) is 2.88. The minimum absolute atomic E-state index is 0.0630. The lowest BCUT2D eigenvalue weighted by Gasteiger charge is -2.20. The lowest BCUT2D eigenvalue weighted by Crippen LogP contribution is -2.34. The smallest absolute Gasteiger partial charge is 0.267 e. The van der Waals surface area contributed by atoms with E-state index in [0.717, 1.165) is 21.3 Å². The van der Waals surface area contributed by atoms with E-state index in [0.29, 0.717) is 22.4 Å². The maximum Gasteiger partial charge on any atom is 0.267 e. The third-order valence-corrected chi connectivity index (χ3v) is 5.70. The monoisotopic (exact) mass is 422 g/mol. The molecule has 0 saturated carbocycles. The fourth-order valence-electron chi connectivity index (χ4n) is 3.03. The number of anilines is 1. The normalized spacial score (nSPS) is 10.8. The van der Waals surface area contributed by atoms with Crippen LogP contribution in [-0.4, -0.2) is 17.5 Å². The molecule has 0 bridgehead atoms. The number of halogens is 1. The van der Waals surface area contributed by atoms with Gasteiger partial charge in [-0.2, -0.15) is 0 Å². The average Bonchev–Trinajstić information content (AvgIpc) is 3.16. The van der Waals surface area contributed by atoms with E-state index in [-0.39, 0.29) is 12.5 Å². The number of ether oxygens (including phenoxy) is 1. The molecule has 0 spiro atoms. The number of carbonyl (C=O) groups is 1. The summed E-state index contributed by atoms with van der Waals surface area (Å²) in [4.78, 5) is 19.5. The van der Waals surface area contributed by atoms with Crippen LogP contribution < -0.4 is 9.64 Å². The van der Waals surface area contributed by atoms with E-state index < -0.39 is 0 Å². The maximum atomic E-state index is 13.1. The molecule has 4 aromatic rings. The molecule has 1 heterocycles. The molecule has 0 aliphatic heterocycles. The molecular weight excluding hydrogens is 404 g/mol. The number of amides is 1. The SMILES string of the molecule is Cc1cc(Cl)cc2sc(N(Cc3ccccc3)C(=O)COc3ccccc3)nc12. The zero-order valence-electron chi connectivity index (χ0n) is 15.8. The van der Waals surface area contributed by atoms with Crippen molar-refractivity contribution in [1.29, 1.82) is 0 Å². The molecule has 4 rings (SSSR count). The second-order valence-corrected chi connectivity index (χ2v) is 8.08. The number of hydrogen-bond acceptors (Lipinski definition) is 4. The van der Waals surface area contributed by atoms with Gasteiger partial charge in [0.1, 0.15) is 5.75 Å². The van der Waals surface area contributed by atoms with Crippen LogP contribution in [0.3, 0.4) is 0 Å². The van der Waals surface area contributed by atoms with Gasteiger partial charge in [-0.15, -0.1) is 0 Å². The summed E-state index contributed by atoms with van der Waals surface area (Å²) in [6.07, 6.45) is 0. The Balaban J connectivity index is 1.64. The molecule has 3 aromatic carbocycles. The second-order valence-electron chi connectivity index (χ2n) is 6.63. The van der Waals surface area contributed by atoms with E-state index >= 15 is 0 Å². The van der Waals surface area contributed by atoms with Crippen LogP contribution in [0.2, 0.25) is 5.02 Å². The lowest BCUT2D eigenvalue weighted by atomic mass is 10.2. The highest BCUT2D eigenvalue weighted by Gasteiger charge is 2.21. The topological polar surface area (TPSA) is 42.4 Å². The van der Waals surface area contributed by atoms with E-state index in [4.69, 9.17) is 21.3 Å². The third kappa shape index (κ3) is 4.58. The van der Waals surface area contributed by atoms with Crippen LogP contribution in [0.1, 0.15) is 11.1 Å². The van der Waals surface area contributed by atoms with Gasteiger partial charge >= 0.3 is 0 Å². The van der Waals surface area contributed by atoms with Crippen molar-refractivity contribution in [2.45, 2.75) is 13.5 Å². The van der Waals surface area contributed by atoms with Crippen LogP contribution >= 0.6 is 22.9 Å². The molecular formula is C23H19ClN2O2S. The van der Waals surface area contributed by atoms with Gasteiger partial charge in [-0.1, -0.05) is 71.5 Å². The fourth-order valence-corrected chi connectivity index (χ4v) is 4.46. The summed E-state index contributed by atoms with van der Waals surface area (Å²) in [6, 6.07) is 23.0. The molecule has 1 amide bonds. The molecule has 6 heteroatoms. The number of benzene rings is 3. The predicted molar refractivity (Wildman–Crippen MR) is 119 cm³/mol. The molecule has 0 unspecified atom stereocenters. The van der Waals surface area contributed by atoms with Gasteiger partial charge in [-0.25, -0.2) is 4.98 Å². The van der Waals surface area contributed by atoms with Crippen molar-refractivity contribution in [3.63, 3.8) is 0 Å². The predicted octanol–water partition coefficient (Wildman–Crippen LogP) is 5.87. The second kappa shape index (κ2) is 8.64. The van der Waals surface area contributed by atoms with Gasteiger partial charge in [0.15, 0.2) is 11.7 Å². The Morgan fingerprint density at radius 1 is 1.07 bits per heavy atom. The van der Waals surface area contributed by atoms with Crippen molar-refractivity contribution < 1.29 is 9.53 Å². The van der Waals surface area contributed by atoms with Gasteiger partial charge < -0.3 is 4.74 Å². The largest absolute Gasteiger partial charge is 0.484 e. The zero-order chi connectivity index (χ0) is 20.2. The maximum absolute atomic E-state index is 13.1. The molecule has 29 heavy (non-hydrogen) atoms. The molecule has 1 aromatic heterocycles. The minimum atomic E-state index is -0.152. The van der Waals surface area contributed by atoms with Gasteiger partial charge in [0.05, 0.1) is 16.8 Å². The van der Waals surface area contributed by atoms with Crippen LogP contribution in [0.25, 0.3) is 10.2 Å². The standard InChI is InChI=1S/C23H19ClN2O2S/c1-16-12-18(24)13-20-22(16)25-23(29-20)26(14-17-8-4-2-5-9-17)21(27)15-28-19-10-6-3-7-11-19/h2-13H,14-15H2,1H3. The molecule has 0 N–H and O–H groups in total. The Morgan fingerprint density at radius 2 is 1.76 bits per heavy atom. The average molecular weight is 423 g/mol. The molecule has 146 valence electrons. The molecule has 4 nitrogen and oxygen atoms in total. The van der Waals surface area contributed by atoms with E-state index in [9.17, 15) is 4.79 Å². The van der Waals surface area contributed by atoms with Crippen LogP contribution in [0.15, 0.2) is 72.8 Å². The van der Waals surface area contributed by atoms with Crippen molar-refractivity contribution >= 4 is 44.2 Å². The van der Waals surface area contributed by atoms with E-state index in [2.05, 4.69) is 0 Å². The molecule has 0 fully saturated rings. The fraction of sp³-hybridized carbons (Fsp3) is 0.130. The zero-order valence-corrected chi connectivity index (χ0v) is 17.4. The van der Waals surface area contributed by atoms with Crippen LogP contribution in [0.4, 0.5) is 5.13 Å². The van der Waals surface area contributed by atoms with Crippen LogP contribution in [-0.2, 0) is 11.3 Å². The van der Waals surface area contributed by atoms with Gasteiger partial charge in [0.2, 0.25) is 0 Å². The summed E-state index contributed by atoms with van der Waals surface area (Å²) >= 11 is 7.66. The number of aromatic nitrogens is 1. The lowest BCUT2D eigenvalue weighted by molar-refractivity contribution is -0.120. The number of nitrogens with zero attached hydrogens (tertiary/aromatic N) is 2. The number of fused-ring (bicyclic) bond motifs is 1. The Bertz CT molecular complexity index is 1130. The summed E-state index contributed by atoms with van der Waals surface area (Å²) in [5, 5.41) is 1.30. The number of hydrogen-bond donors (Lipinski definition) is 0. The molecule has 0 saturated heterocycles. The first-order valence-corrected chi connectivity index (χ1v) is 10.4. The van der Waals surface area contributed by atoms with Crippen LogP contribution in [0, 0.1) is 6.92 Å². The van der Waals surface area contributed by atoms with Gasteiger partial charge in [0, 0.05) is 5.02 Å². The minimum Gasteiger partial charge on any atom is -0.484 e. The summed E-state index contributed by atoms with van der Waals surface area (Å²) in [6.45, 7) is 2.33. The summed E-state index contributed by atoms with van der Waals surface area (Å²) in [7, 11) is 0. The molecule has 0 atom stereocenters. The van der Waals surface area contributed by atoms with Crippen molar-refractivity contribution in [3.8, 4) is 5.75 Å². The van der Waals surface area contributed by atoms with Crippen molar-refractivity contribution in [1.82, 2.24) is 4.98 Å². The number of thiazole rings is 1.